The molecule has 0 radical (unpaired) electrons. The van der Waals surface area contributed by atoms with Gasteiger partial charge in [0.05, 0.1) is 0 Å². The maximum atomic E-state index is 13.2. The molecule has 1 atom stereocenters. The highest BCUT2D eigenvalue weighted by Crippen LogP contribution is 2.15. The summed E-state index contributed by atoms with van der Waals surface area (Å²) in [5.74, 6) is -0.686. The second-order valence-corrected chi connectivity index (χ2v) is 8.54. The number of carbonyl (C=O) groups is 2. The molecule has 0 aliphatic carbocycles. The summed E-state index contributed by atoms with van der Waals surface area (Å²) in [7, 11) is 0. The van der Waals surface area contributed by atoms with Gasteiger partial charge in [0, 0.05) is 50.5 Å². The molecule has 3 heterocycles. The summed E-state index contributed by atoms with van der Waals surface area (Å²) < 4.78 is 1.83. The van der Waals surface area contributed by atoms with Crippen molar-refractivity contribution in [2.75, 3.05) is 19.6 Å². The molecule has 0 saturated carbocycles. The van der Waals surface area contributed by atoms with E-state index in [0.717, 1.165) is 50.5 Å². The first-order valence-electron chi connectivity index (χ1n) is 11.7. The van der Waals surface area contributed by atoms with Crippen LogP contribution in [0.1, 0.15) is 84.7 Å². The maximum absolute atomic E-state index is 13.2. The van der Waals surface area contributed by atoms with Gasteiger partial charge in [-0.1, -0.05) is 19.8 Å². The van der Waals surface area contributed by atoms with E-state index in [-0.39, 0.29) is 23.1 Å². The minimum absolute atomic E-state index is 0.0369. The summed E-state index contributed by atoms with van der Waals surface area (Å²) in [6.45, 7) is 5.83. The van der Waals surface area contributed by atoms with Gasteiger partial charge in [0.25, 0.3) is 11.8 Å². The zero-order chi connectivity index (χ0) is 22.9. The smallest absolute Gasteiger partial charge is 0.259 e. The first kappa shape index (κ1) is 23.7. The molecule has 1 aliphatic heterocycles. The summed E-state index contributed by atoms with van der Waals surface area (Å²) in [6, 6.07) is 3.97. The van der Waals surface area contributed by atoms with Gasteiger partial charge in [-0.15, -0.1) is 0 Å². The van der Waals surface area contributed by atoms with Gasteiger partial charge in [-0.05, 0) is 56.7 Å². The van der Waals surface area contributed by atoms with E-state index in [1.807, 2.05) is 30.5 Å². The fraction of sp³-hybridized carbons (Fsp3) is 0.520. The van der Waals surface area contributed by atoms with Crippen LogP contribution in [-0.2, 0) is 6.42 Å². The number of nitrogens with zero attached hydrogens (tertiary/aromatic N) is 3. The molecule has 1 aliphatic rings. The third kappa shape index (κ3) is 6.05. The molecular weight excluding hydrogens is 404 g/mol. The molecule has 2 aromatic rings. The van der Waals surface area contributed by atoms with Crippen LogP contribution in [0.2, 0.25) is 0 Å². The lowest BCUT2D eigenvalue weighted by Gasteiger charge is -2.22. The second-order valence-electron chi connectivity index (χ2n) is 8.54. The van der Waals surface area contributed by atoms with E-state index >= 15 is 0 Å². The van der Waals surface area contributed by atoms with Crippen molar-refractivity contribution >= 4 is 11.8 Å². The van der Waals surface area contributed by atoms with E-state index in [9.17, 15) is 14.4 Å². The lowest BCUT2D eigenvalue weighted by Crippen LogP contribution is -2.38. The summed E-state index contributed by atoms with van der Waals surface area (Å²) in [5, 5.41) is 2.86. The first-order chi connectivity index (χ1) is 15.5. The zero-order valence-electron chi connectivity index (χ0n) is 19.2. The number of aromatic nitrogens is 2. The Morgan fingerprint density at radius 2 is 1.72 bits per heavy atom. The lowest BCUT2D eigenvalue weighted by molar-refractivity contribution is 0.0759. The molecule has 7 heteroatoms. The van der Waals surface area contributed by atoms with Crippen molar-refractivity contribution in [3.63, 3.8) is 0 Å². The van der Waals surface area contributed by atoms with Gasteiger partial charge in [0.1, 0.15) is 11.1 Å². The highest BCUT2D eigenvalue weighted by molar-refractivity contribution is 5.99. The topological polar surface area (TPSA) is 84.3 Å². The minimum Gasteiger partial charge on any atom is -0.352 e. The monoisotopic (exact) mass is 438 g/mol. The molecule has 0 unspecified atom stereocenters. The van der Waals surface area contributed by atoms with Crippen molar-refractivity contribution in [1.29, 1.82) is 0 Å². The number of rotatable bonds is 8. The second kappa shape index (κ2) is 11.6. The third-order valence-corrected chi connectivity index (χ3v) is 6.19. The van der Waals surface area contributed by atoms with Gasteiger partial charge >= 0.3 is 0 Å². The third-order valence-electron chi connectivity index (χ3n) is 6.19. The molecule has 3 rings (SSSR count). The molecule has 2 amide bonds. The molecule has 1 fully saturated rings. The van der Waals surface area contributed by atoms with Crippen LogP contribution in [0.4, 0.5) is 0 Å². The van der Waals surface area contributed by atoms with E-state index in [1.54, 1.807) is 29.7 Å². The van der Waals surface area contributed by atoms with Crippen LogP contribution in [0, 0.1) is 0 Å². The van der Waals surface area contributed by atoms with Gasteiger partial charge < -0.3 is 14.8 Å². The number of likely N-dealkylation sites (tertiary alicyclic amines) is 1. The summed E-state index contributed by atoms with van der Waals surface area (Å²) in [5.41, 5.74) is 0.801. The minimum atomic E-state index is -0.481. The van der Waals surface area contributed by atoms with Gasteiger partial charge in [0.15, 0.2) is 0 Å². The van der Waals surface area contributed by atoms with E-state index in [4.69, 9.17) is 0 Å². The Labute approximate surface area is 189 Å². The van der Waals surface area contributed by atoms with Gasteiger partial charge in [0.2, 0.25) is 5.43 Å². The van der Waals surface area contributed by atoms with Crippen molar-refractivity contribution in [2.45, 2.75) is 64.8 Å². The first-order valence-corrected chi connectivity index (χ1v) is 11.7. The molecule has 0 aromatic carbocycles. The van der Waals surface area contributed by atoms with Crippen molar-refractivity contribution in [3.8, 4) is 0 Å². The molecule has 0 bridgehead atoms. The highest BCUT2D eigenvalue weighted by Gasteiger charge is 2.24. The number of hydrogen-bond acceptors (Lipinski definition) is 4. The van der Waals surface area contributed by atoms with Crippen molar-refractivity contribution < 1.29 is 9.59 Å². The summed E-state index contributed by atoms with van der Waals surface area (Å²) >= 11 is 0. The number of carbonyl (C=O) groups excluding carboxylic acids is 2. The van der Waals surface area contributed by atoms with E-state index in [2.05, 4.69) is 10.3 Å². The van der Waals surface area contributed by atoms with Crippen LogP contribution in [0.3, 0.4) is 0 Å². The molecule has 0 spiro atoms. The molecule has 32 heavy (non-hydrogen) atoms. The quantitative estimate of drug-likeness (QED) is 0.639. The van der Waals surface area contributed by atoms with E-state index in [1.165, 1.54) is 0 Å². The van der Waals surface area contributed by atoms with Gasteiger partial charge in [-0.25, -0.2) is 0 Å². The average Bonchev–Trinajstić information content (AvgIpc) is 3.11. The van der Waals surface area contributed by atoms with E-state index in [0.29, 0.717) is 19.6 Å². The molecule has 172 valence electrons. The molecule has 1 saturated heterocycles. The lowest BCUT2D eigenvalue weighted by atomic mass is 10.1. The van der Waals surface area contributed by atoms with Gasteiger partial charge in [-0.3, -0.25) is 19.4 Å². The van der Waals surface area contributed by atoms with Crippen LogP contribution in [-0.4, -0.2) is 45.9 Å². The van der Waals surface area contributed by atoms with Crippen LogP contribution in [0.5, 0.6) is 0 Å². The van der Waals surface area contributed by atoms with Crippen LogP contribution in [0.25, 0.3) is 0 Å². The zero-order valence-corrected chi connectivity index (χ0v) is 19.2. The van der Waals surface area contributed by atoms with Crippen molar-refractivity contribution in [3.05, 3.63) is 63.8 Å². The SMILES string of the molecule is CC[C@@H](C)n1cc(C(=O)NCCCc2ccncc2)c(=O)c(C(=O)N2CCCCCC2)c1. The Hall–Kier alpha value is -2.96. The van der Waals surface area contributed by atoms with Gasteiger partial charge in [-0.2, -0.15) is 0 Å². The number of hydrogen-bond donors (Lipinski definition) is 1. The predicted molar refractivity (Wildman–Crippen MR) is 125 cm³/mol. The Morgan fingerprint density at radius 1 is 1.06 bits per heavy atom. The number of aryl methyl sites for hydroxylation is 1. The predicted octanol–water partition coefficient (Wildman–Crippen LogP) is 3.59. The summed E-state index contributed by atoms with van der Waals surface area (Å²) in [4.78, 5) is 45.0. The van der Waals surface area contributed by atoms with E-state index < -0.39 is 11.3 Å². The van der Waals surface area contributed by atoms with Crippen LogP contribution in [0.15, 0.2) is 41.7 Å². The standard InChI is InChI=1S/C25H34N4O3/c1-3-19(2)29-17-21(24(31)27-12-8-9-20-10-13-26-14-11-20)23(30)22(18-29)25(32)28-15-6-4-5-7-16-28/h10-11,13-14,17-19H,3-9,12,15-16H2,1-2H3,(H,27,31)/t19-/m1/s1. The maximum Gasteiger partial charge on any atom is 0.259 e. The van der Waals surface area contributed by atoms with Crippen molar-refractivity contribution in [1.82, 2.24) is 19.8 Å². The van der Waals surface area contributed by atoms with Crippen LogP contribution >= 0.6 is 0 Å². The number of pyridine rings is 2. The van der Waals surface area contributed by atoms with Crippen molar-refractivity contribution in [2.24, 2.45) is 0 Å². The highest BCUT2D eigenvalue weighted by atomic mass is 16.2. The molecular formula is C25H34N4O3. The summed E-state index contributed by atoms with van der Waals surface area (Å²) in [6.07, 6.45) is 13.2. The Kier molecular flexibility index (Phi) is 8.59. The Balaban J connectivity index is 1.77. The molecule has 7 nitrogen and oxygen atoms in total. The fourth-order valence-corrected chi connectivity index (χ4v) is 3.96. The Morgan fingerprint density at radius 3 is 2.38 bits per heavy atom. The number of amides is 2. The fourth-order valence-electron chi connectivity index (χ4n) is 3.96. The average molecular weight is 439 g/mol. The largest absolute Gasteiger partial charge is 0.352 e. The molecule has 1 N–H and O–H groups in total. The number of nitrogens with one attached hydrogen (secondary N) is 1. The Bertz CT molecular complexity index is 963. The normalized spacial score (nSPS) is 15.1. The van der Waals surface area contributed by atoms with Crippen LogP contribution < -0.4 is 10.7 Å². The molecule has 2 aromatic heterocycles.